The number of aliphatic hydroxyl groups excluding tert-OH is 2. The molecule has 3 atom stereocenters. The van der Waals surface area contributed by atoms with Crippen molar-refractivity contribution in [1.82, 2.24) is 5.32 Å². The Balaban J connectivity index is 4.78. The third-order valence-electron chi connectivity index (χ3n) is 11.1. The van der Waals surface area contributed by atoms with Gasteiger partial charge in [0, 0.05) is 12.8 Å². The fraction of sp³-hybridized carbons (Fsp3) is 0.655. The highest BCUT2D eigenvalue weighted by Crippen LogP contribution is 2.16. The lowest BCUT2D eigenvalue weighted by Crippen LogP contribution is -2.46. The molecule has 0 radical (unpaired) electrons. The van der Waals surface area contributed by atoms with Crippen molar-refractivity contribution in [3.05, 3.63) is 109 Å². The molecule has 0 heterocycles. The van der Waals surface area contributed by atoms with E-state index in [1.165, 1.54) is 70.6 Å². The molecule has 0 aliphatic rings. The summed E-state index contributed by atoms with van der Waals surface area (Å²) in [5.41, 5.74) is 0. The fourth-order valence-electron chi connectivity index (χ4n) is 7.21. The third kappa shape index (κ3) is 45.1. The molecule has 0 saturated carbocycles. The van der Waals surface area contributed by atoms with Crippen LogP contribution in [0.3, 0.4) is 0 Å². The summed E-state index contributed by atoms with van der Waals surface area (Å²) in [6.45, 7) is 6.21. The Labute approximate surface area is 394 Å². The number of esters is 1. The summed E-state index contributed by atoms with van der Waals surface area (Å²) in [6.07, 6.45) is 68.8. The van der Waals surface area contributed by atoms with E-state index < -0.39 is 18.2 Å². The molecule has 0 saturated heterocycles. The van der Waals surface area contributed by atoms with Gasteiger partial charge in [0.15, 0.2) is 0 Å². The summed E-state index contributed by atoms with van der Waals surface area (Å²) >= 11 is 0. The van der Waals surface area contributed by atoms with Gasteiger partial charge in [0.2, 0.25) is 5.91 Å². The number of ether oxygens (including phenoxy) is 1. The van der Waals surface area contributed by atoms with Gasteiger partial charge in [-0.1, -0.05) is 226 Å². The van der Waals surface area contributed by atoms with Crippen LogP contribution in [0.25, 0.3) is 0 Å². The Morgan fingerprint density at radius 3 is 1.31 bits per heavy atom. The lowest BCUT2D eigenvalue weighted by molar-refractivity contribution is -0.150. The smallest absolute Gasteiger partial charge is 0.306 e. The zero-order valence-corrected chi connectivity index (χ0v) is 41.4. The second-order valence-corrected chi connectivity index (χ2v) is 17.2. The number of aliphatic hydroxyl groups is 2. The fourth-order valence-corrected chi connectivity index (χ4v) is 7.21. The molecule has 3 unspecified atom stereocenters. The highest BCUT2D eigenvalue weighted by atomic mass is 16.5. The van der Waals surface area contributed by atoms with Crippen LogP contribution in [0.5, 0.6) is 0 Å². The van der Waals surface area contributed by atoms with Crippen molar-refractivity contribution in [2.45, 2.75) is 238 Å². The Bertz CT molecular complexity index is 1320. The van der Waals surface area contributed by atoms with Crippen LogP contribution in [-0.4, -0.2) is 46.9 Å². The average molecular weight is 888 g/mol. The zero-order chi connectivity index (χ0) is 46.7. The number of hydrogen-bond donors (Lipinski definition) is 3. The van der Waals surface area contributed by atoms with Crippen LogP contribution in [0.1, 0.15) is 220 Å². The molecule has 6 heteroatoms. The molecule has 0 aliphatic carbocycles. The Kier molecular flexibility index (Phi) is 47.8. The molecule has 1 amide bonds. The summed E-state index contributed by atoms with van der Waals surface area (Å²) < 4.78 is 5.86. The van der Waals surface area contributed by atoms with Crippen LogP contribution in [0.2, 0.25) is 0 Å². The van der Waals surface area contributed by atoms with Crippen LogP contribution in [0, 0.1) is 0 Å². The summed E-state index contributed by atoms with van der Waals surface area (Å²) in [5, 5.41) is 23.7. The van der Waals surface area contributed by atoms with E-state index >= 15 is 0 Å². The highest BCUT2D eigenvalue weighted by molar-refractivity contribution is 5.77. The van der Waals surface area contributed by atoms with E-state index in [1.807, 2.05) is 12.2 Å². The summed E-state index contributed by atoms with van der Waals surface area (Å²) in [7, 11) is 0. The molecule has 0 bridgehead atoms. The van der Waals surface area contributed by atoms with Gasteiger partial charge in [-0.15, -0.1) is 0 Å². The van der Waals surface area contributed by atoms with Crippen LogP contribution in [0.15, 0.2) is 109 Å². The van der Waals surface area contributed by atoms with Crippen molar-refractivity contribution in [3.63, 3.8) is 0 Å². The van der Waals surface area contributed by atoms with Crippen LogP contribution >= 0.6 is 0 Å². The number of carbonyl (C=O) groups is 2. The van der Waals surface area contributed by atoms with E-state index in [4.69, 9.17) is 4.74 Å². The van der Waals surface area contributed by atoms with Gasteiger partial charge < -0.3 is 20.3 Å². The van der Waals surface area contributed by atoms with Gasteiger partial charge in [-0.25, -0.2) is 0 Å². The van der Waals surface area contributed by atoms with E-state index in [9.17, 15) is 19.8 Å². The average Bonchev–Trinajstić information content (AvgIpc) is 3.29. The van der Waals surface area contributed by atoms with E-state index in [-0.39, 0.29) is 24.9 Å². The maximum atomic E-state index is 13.2. The summed E-state index contributed by atoms with van der Waals surface area (Å²) in [6, 6.07) is -0.746. The second-order valence-electron chi connectivity index (χ2n) is 17.2. The maximum absolute atomic E-state index is 13.2. The molecular formula is C58H97NO5. The second kappa shape index (κ2) is 50.5. The molecule has 0 spiro atoms. The number of rotatable bonds is 45. The standard InChI is InChI=1S/C58H97NO5/c1-4-7-10-13-16-19-22-25-28-30-33-36-39-42-45-48-51-58(63)64-54(49-46-43-40-37-34-31-29-26-23-20-17-14-11-8-5-2)52-57(62)59-55(53-60)56(61)50-47-44-41-38-35-32-27-24-21-18-15-12-9-6-3/h7-8,10-11,16-17,19-20,25-26,28-29,33-34,36-37,43,46,54-56,60-61H,4-6,9,12-15,18,21-24,27,30-32,35,38-42,44-45,47-53H2,1-3H3,(H,59,62)/b10-7+,11-8-,19-16+,20-17-,28-25+,29-26-,36-33+,37-34-,46-43-. The normalized spacial score (nSPS) is 14.1. The number of allylic oxidation sites excluding steroid dienone is 17. The molecule has 0 fully saturated rings. The van der Waals surface area contributed by atoms with Crippen molar-refractivity contribution in [1.29, 1.82) is 0 Å². The predicted octanol–water partition coefficient (Wildman–Crippen LogP) is 15.9. The van der Waals surface area contributed by atoms with Gasteiger partial charge in [-0.3, -0.25) is 9.59 Å². The van der Waals surface area contributed by atoms with E-state index in [0.29, 0.717) is 19.3 Å². The monoisotopic (exact) mass is 888 g/mol. The molecule has 6 nitrogen and oxygen atoms in total. The van der Waals surface area contributed by atoms with E-state index in [1.54, 1.807) is 0 Å². The largest absolute Gasteiger partial charge is 0.461 e. The predicted molar refractivity (Wildman–Crippen MR) is 277 cm³/mol. The van der Waals surface area contributed by atoms with Crippen molar-refractivity contribution < 1.29 is 24.5 Å². The molecule has 364 valence electrons. The van der Waals surface area contributed by atoms with Crippen molar-refractivity contribution >= 4 is 11.9 Å². The molecule has 0 aromatic rings. The summed E-state index contributed by atoms with van der Waals surface area (Å²) in [4.78, 5) is 26.1. The number of hydrogen-bond acceptors (Lipinski definition) is 5. The first kappa shape index (κ1) is 60.5. The number of nitrogens with one attached hydrogen (secondary N) is 1. The zero-order valence-electron chi connectivity index (χ0n) is 41.4. The van der Waals surface area contributed by atoms with Crippen molar-refractivity contribution in [3.8, 4) is 0 Å². The third-order valence-corrected chi connectivity index (χ3v) is 11.1. The van der Waals surface area contributed by atoms with Gasteiger partial charge >= 0.3 is 5.97 Å². The molecule has 3 N–H and O–H groups in total. The van der Waals surface area contributed by atoms with Crippen molar-refractivity contribution in [2.75, 3.05) is 6.61 Å². The minimum absolute atomic E-state index is 0.0199. The quantitative estimate of drug-likeness (QED) is 0.0322. The topological polar surface area (TPSA) is 95.9 Å². The van der Waals surface area contributed by atoms with Crippen molar-refractivity contribution in [2.24, 2.45) is 0 Å². The van der Waals surface area contributed by atoms with Crippen LogP contribution < -0.4 is 5.32 Å². The molecule has 0 aromatic heterocycles. The minimum atomic E-state index is -0.824. The number of unbranched alkanes of at least 4 members (excludes halogenated alkanes) is 16. The maximum Gasteiger partial charge on any atom is 0.306 e. The lowest BCUT2D eigenvalue weighted by Gasteiger charge is -2.24. The highest BCUT2D eigenvalue weighted by Gasteiger charge is 2.23. The summed E-state index contributed by atoms with van der Waals surface area (Å²) in [5.74, 6) is -0.625. The van der Waals surface area contributed by atoms with Gasteiger partial charge in [-0.05, 0) is 83.5 Å². The van der Waals surface area contributed by atoms with Gasteiger partial charge in [0.1, 0.15) is 6.10 Å². The first-order valence-corrected chi connectivity index (χ1v) is 26.1. The van der Waals surface area contributed by atoms with Crippen LogP contribution in [-0.2, 0) is 14.3 Å². The van der Waals surface area contributed by atoms with Crippen LogP contribution in [0.4, 0.5) is 0 Å². The Hall–Kier alpha value is -3.48. The van der Waals surface area contributed by atoms with Gasteiger partial charge in [0.25, 0.3) is 0 Å². The van der Waals surface area contributed by atoms with E-state index in [2.05, 4.69) is 123 Å². The molecular weight excluding hydrogens is 791 g/mol. The molecule has 0 rings (SSSR count). The minimum Gasteiger partial charge on any atom is -0.461 e. The molecule has 64 heavy (non-hydrogen) atoms. The SMILES string of the molecule is CC/C=C\C/C=C\C/C=C\C/C=C\C/C=C\CC(CC(=O)NC(CO)C(O)CCCCCCCCCCCCCCCC)OC(=O)CCCCC/C=C/C/C=C/C/C=C/C/C=C/CC. The lowest BCUT2D eigenvalue weighted by atomic mass is 10.0. The van der Waals surface area contributed by atoms with Gasteiger partial charge in [0.05, 0.1) is 25.2 Å². The first-order valence-electron chi connectivity index (χ1n) is 26.1. The Morgan fingerprint density at radius 1 is 0.484 bits per heavy atom. The first-order chi connectivity index (χ1) is 31.5. The van der Waals surface area contributed by atoms with Gasteiger partial charge in [-0.2, -0.15) is 0 Å². The Morgan fingerprint density at radius 2 is 0.875 bits per heavy atom. The number of carbonyl (C=O) groups excluding carboxylic acids is 2. The number of amides is 1. The molecule has 0 aromatic carbocycles. The molecule has 0 aliphatic heterocycles. The van der Waals surface area contributed by atoms with E-state index in [0.717, 1.165) is 103 Å².